The van der Waals surface area contributed by atoms with Gasteiger partial charge in [-0.2, -0.15) is 0 Å². The minimum Gasteiger partial charge on any atom is -0.364 e. The van der Waals surface area contributed by atoms with Crippen LogP contribution in [0, 0.1) is 5.92 Å². The molecule has 2 aromatic rings. The first-order chi connectivity index (χ1) is 11.3. The maximum atomic E-state index is 6.75. The van der Waals surface area contributed by atoms with Crippen LogP contribution >= 0.6 is 0 Å². The molecule has 1 saturated carbocycles. The Balaban J connectivity index is 2.01. The molecule has 0 spiro atoms. The van der Waals surface area contributed by atoms with E-state index in [0.717, 1.165) is 23.5 Å². The smallest absolute Gasteiger partial charge is 0.133 e. The summed E-state index contributed by atoms with van der Waals surface area (Å²) < 4.78 is 6.39. The van der Waals surface area contributed by atoms with Gasteiger partial charge in [0, 0.05) is 12.6 Å². The van der Waals surface area contributed by atoms with Crippen LogP contribution in [0.25, 0.3) is 0 Å². The Morgan fingerprint density at radius 2 is 1.52 bits per heavy atom. The van der Waals surface area contributed by atoms with Crippen LogP contribution in [0.15, 0.2) is 60.7 Å². The average Bonchev–Trinajstić information content (AvgIpc) is 3.43. The van der Waals surface area contributed by atoms with E-state index in [0.29, 0.717) is 6.61 Å². The molecule has 2 N–H and O–H groups in total. The first kappa shape index (κ1) is 16.2. The van der Waals surface area contributed by atoms with Gasteiger partial charge < -0.3 is 10.5 Å². The summed E-state index contributed by atoms with van der Waals surface area (Å²) >= 11 is 0. The molecule has 1 atom stereocenters. The van der Waals surface area contributed by atoms with E-state index >= 15 is 0 Å². The Labute approximate surface area is 139 Å². The van der Waals surface area contributed by atoms with Gasteiger partial charge in [-0.25, -0.2) is 0 Å². The Bertz CT molecular complexity index is 552. The van der Waals surface area contributed by atoms with E-state index in [-0.39, 0.29) is 6.04 Å². The Morgan fingerprint density at radius 3 is 1.96 bits per heavy atom. The number of ether oxygens (including phenoxy) is 1. The van der Waals surface area contributed by atoms with Crippen LogP contribution in [0.4, 0.5) is 0 Å². The predicted octanol–water partition coefficient (Wildman–Crippen LogP) is 4.48. The van der Waals surface area contributed by atoms with E-state index in [9.17, 15) is 0 Å². The maximum absolute atomic E-state index is 6.75. The van der Waals surface area contributed by atoms with E-state index in [4.69, 9.17) is 10.5 Å². The van der Waals surface area contributed by atoms with Crippen molar-refractivity contribution in [2.24, 2.45) is 11.7 Å². The van der Waals surface area contributed by atoms with Gasteiger partial charge in [-0.3, -0.25) is 0 Å². The van der Waals surface area contributed by atoms with Crippen molar-refractivity contribution in [3.05, 3.63) is 71.8 Å². The van der Waals surface area contributed by atoms with Gasteiger partial charge in [0.25, 0.3) is 0 Å². The second-order valence-electron chi connectivity index (χ2n) is 6.53. The van der Waals surface area contributed by atoms with Crippen molar-refractivity contribution < 1.29 is 4.74 Å². The fourth-order valence-corrected chi connectivity index (χ4v) is 3.49. The highest BCUT2D eigenvalue weighted by Gasteiger charge is 2.41. The molecule has 1 unspecified atom stereocenters. The summed E-state index contributed by atoms with van der Waals surface area (Å²) in [5.74, 6) is 0.881. The molecular formula is C21H27NO. The minimum atomic E-state index is -0.563. The van der Waals surface area contributed by atoms with Crippen molar-refractivity contribution >= 4 is 0 Å². The summed E-state index contributed by atoms with van der Waals surface area (Å²) in [4.78, 5) is 0. The molecule has 1 fully saturated rings. The molecule has 3 rings (SSSR count). The number of nitrogens with two attached hydrogens (primary N) is 1. The first-order valence-corrected chi connectivity index (χ1v) is 8.78. The number of benzene rings is 2. The molecule has 0 aromatic heterocycles. The third kappa shape index (κ3) is 3.49. The zero-order valence-electron chi connectivity index (χ0n) is 13.9. The van der Waals surface area contributed by atoms with Crippen LogP contribution in [0.3, 0.4) is 0 Å². The van der Waals surface area contributed by atoms with E-state index < -0.39 is 5.60 Å². The molecule has 0 bridgehead atoms. The molecular weight excluding hydrogens is 282 g/mol. The van der Waals surface area contributed by atoms with Gasteiger partial charge in [0.05, 0.1) is 0 Å². The monoisotopic (exact) mass is 309 g/mol. The van der Waals surface area contributed by atoms with Crippen molar-refractivity contribution in [1.29, 1.82) is 0 Å². The molecule has 0 radical (unpaired) electrons. The quantitative estimate of drug-likeness (QED) is 0.780. The Hall–Kier alpha value is -1.64. The van der Waals surface area contributed by atoms with E-state index in [1.807, 2.05) is 19.1 Å². The second kappa shape index (κ2) is 7.29. The Morgan fingerprint density at radius 1 is 1.00 bits per heavy atom. The fourth-order valence-electron chi connectivity index (χ4n) is 3.49. The lowest BCUT2D eigenvalue weighted by molar-refractivity contribution is -0.0332. The van der Waals surface area contributed by atoms with Gasteiger partial charge >= 0.3 is 0 Å². The summed E-state index contributed by atoms with van der Waals surface area (Å²) in [5, 5.41) is 0. The normalized spacial score (nSPS) is 16.3. The van der Waals surface area contributed by atoms with Crippen LogP contribution in [0.1, 0.15) is 43.7 Å². The lowest BCUT2D eigenvalue weighted by Crippen LogP contribution is -2.48. The van der Waals surface area contributed by atoms with Crippen molar-refractivity contribution in [2.45, 2.75) is 44.2 Å². The molecule has 2 nitrogen and oxygen atoms in total. The predicted molar refractivity (Wildman–Crippen MR) is 95.2 cm³/mol. The lowest BCUT2D eigenvalue weighted by Gasteiger charge is -2.40. The molecule has 0 saturated heterocycles. The zero-order valence-corrected chi connectivity index (χ0v) is 13.9. The minimum absolute atomic E-state index is 0.0483. The molecule has 0 aliphatic heterocycles. The van der Waals surface area contributed by atoms with Crippen LogP contribution in [-0.2, 0) is 10.3 Å². The van der Waals surface area contributed by atoms with Gasteiger partial charge in [0.1, 0.15) is 5.60 Å². The molecule has 2 heteroatoms. The molecule has 0 amide bonds. The van der Waals surface area contributed by atoms with Crippen molar-refractivity contribution in [2.75, 3.05) is 6.61 Å². The van der Waals surface area contributed by atoms with E-state index in [2.05, 4.69) is 48.5 Å². The zero-order chi connectivity index (χ0) is 16.1. The SMILES string of the molecule is CCOC(c1ccccc1)(c1ccccc1)C(N)CCC1CC1. The van der Waals surface area contributed by atoms with Crippen LogP contribution in [0.5, 0.6) is 0 Å². The van der Waals surface area contributed by atoms with Crippen molar-refractivity contribution in [1.82, 2.24) is 0 Å². The highest BCUT2D eigenvalue weighted by atomic mass is 16.5. The van der Waals surface area contributed by atoms with E-state index in [1.54, 1.807) is 0 Å². The largest absolute Gasteiger partial charge is 0.364 e. The maximum Gasteiger partial charge on any atom is 0.133 e. The lowest BCUT2D eigenvalue weighted by atomic mass is 9.78. The van der Waals surface area contributed by atoms with Crippen molar-refractivity contribution in [3.63, 3.8) is 0 Å². The molecule has 1 aliphatic carbocycles. The van der Waals surface area contributed by atoms with Crippen LogP contribution in [-0.4, -0.2) is 12.6 Å². The highest BCUT2D eigenvalue weighted by molar-refractivity contribution is 5.38. The summed E-state index contributed by atoms with van der Waals surface area (Å²) in [6.45, 7) is 2.69. The summed E-state index contributed by atoms with van der Waals surface area (Å²) in [7, 11) is 0. The first-order valence-electron chi connectivity index (χ1n) is 8.78. The fraction of sp³-hybridized carbons (Fsp3) is 0.429. The summed E-state index contributed by atoms with van der Waals surface area (Å²) in [6, 6.07) is 20.9. The molecule has 1 aliphatic rings. The van der Waals surface area contributed by atoms with Crippen LogP contribution in [0.2, 0.25) is 0 Å². The van der Waals surface area contributed by atoms with Gasteiger partial charge in [-0.1, -0.05) is 73.5 Å². The second-order valence-corrected chi connectivity index (χ2v) is 6.53. The average molecular weight is 309 g/mol. The van der Waals surface area contributed by atoms with Gasteiger partial charge in [0.2, 0.25) is 0 Å². The number of hydrogen-bond donors (Lipinski definition) is 1. The van der Waals surface area contributed by atoms with E-state index in [1.165, 1.54) is 19.3 Å². The molecule has 122 valence electrons. The summed E-state index contributed by atoms with van der Waals surface area (Å²) in [5.41, 5.74) is 8.49. The van der Waals surface area contributed by atoms with Gasteiger partial charge in [-0.15, -0.1) is 0 Å². The Kier molecular flexibility index (Phi) is 5.14. The van der Waals surface area contributed by atoms with Crippen molar-refractivity contribution in [3.8, 4) is 0 Å². The molecule has 2 aromatic carbocycles. The molecule has 23 heavy (non-hydrogen) atoms. The third-order valence-corrected chi connectivity index (χ3v) is 4.88. The number of rotatable bonds is 8. The summed E-state index contributed by atoms with van der Waals surface area (Å²) in [6.07, 6.45) is 4.93. The molecule has 0 heterocycles. The number of hydrogen-bond acceptors (Lipinski definition) is 2. The highest BCUT2D eigenvalue weighted by Crippen LogP contribution is 2.40. The van der Waals surface area contributed by atoms with Gasteiger partial charge in [0.15, 0.2) is 0 Å². The third-order valence-electron chi connectivity index (χ3n) is 4.88. The van der Waals surface area contributed by atoms with Crippen LogP contribution < -0.4 is 5.73 Å². The topological polar surface area (TPSA) is 35.2 Å². The standard InChI is InChI=1S/C21H27NO/c1-2-23-21(18-9-5-3-6-10-18,19-11-7-4-8-12-19)20(22)16-15-17-13-14-17/h3-12,17,20H,2,13-16,22H2,1H3. The van der Waals surface area contributed by atoms with Gasteiger partial charge in [-0.05, 0) is 36.8 Å².